The molecule has 0 aliphatic rings. The number of alkyl halides is 3. The Kier molecular flexibility index (Phi) is 5.05. The van der Waals surface area contributed by atoms with E-state index in [9.17, 15) is 31.7 Å². The fourth-order valence-electron chi connectivity index (χ4n) is 2.70. The number of nitrogens with zero attached hydrogens (tertiary/aromatic N) is 3. The quantitative estimate of drug-likeness (QED) is 0.492. The van der Waals surface area contributed by atoms with Gasteiger partial charge in [0, 0.05) is 24.0 Å². The van der Waals surface area contributed by atoms with E-state index in [4.69, 9.17) is 0 Å². The van der Waals surface area contributed by atoms with E-state index in [1.807, 2.05) is 0 Å². The maximum atomic E-state index is 13.1. The van der Waals surface area contributed by atoms with Crippen molar-refractivity contribution in [1.82, 2.24) is 9.78 Å². The molecule has 0 saturated carbocycles. The van der Waals surface area contributed by atoms with Gasteiger partial charge >= 0.3 is 6.18 Å². The molecule has 0 saturated heterocycles. The van der Waals surface area contributed by atoms with Crippen LogP contribution in [-0.4, -0.2) is 23.1 Å². The van der Waals surface area contributed by atoms with Gasteiger partial charge in [-0.3, -0.25) is 14.8 Å². The number of nitrogens with one attached hydrogen (secondary N) is 1. The second-order valence-electron chi connectivity index (χ2n) is 5.94. The smallest absolute Gasteiger partial charge is 0.277 e. The molecule has 0 bridgehead atoms. The summed E-state index contributed by atoms with van der Waals surface area (Å²) < 4.78 is 68.4. The molecule has 8 nitrogen and oxygen atoms in total. The predicted molar refractivity (Wildman–Crippen MR) is 97.2 cm³/mol. The number of nitro benzene ring substituents is 1. The van der Waals surface area contributed by atoms with Crippen LogP contribution in [0.2, 0.25) is 0 Å². The monoisotopic (exact) mass is 426 g/mol. The zero-order chi connectivity index (χ0) is 21.4. The Morgan fingerprint density at radius 3 is 2.48 bits per heavy atom. The Hall–Kier alpha value is -3.41. The fraction of sp³-hybridized carbons (Fsp3) is 0.118. The third-order valence-corrected chi connectivity index (χ3v) is 5.57. The predicted octanol–water partition coefficient (Wildman–Crippen LogP) is 3.91. The number of benzene rings is 2. The number of aromatic nitrogens is 2. The molecule has 0 unspecified atom stereocenters. The summed E-state index contributed by atoms with van der Waals surface area (Å²) in [6.45, 7) is 1.24. The summed E-state index contributed by atoms with van der Waals surface area (Å²) >= 11 is 0. The molecule has 12 heteroatoms. The molecule has 0 aliphatic heterocycles. The van der Waals surface area contributed by atoms with E-state index in [1.165, 1.54) is 36.1 Å². The molecule has 0 radical (unpaired) electrons. The van der Waals surface area contributed by atoms with Crippen LogP contribution < -0.4 is 4.72 Å². The summed E-state index contributed by atoms with van der Waals surface area (Å²) in [4.78, 5) is 9.91. The lowest BCUT2D eigenvalue weighted by atomic mass is 10.1. The van der Waals surface area contributed by atoms with Gasteiger partial charge in [0.1, 0.15) is 0 Å². The minimum Gasteiger partial charge on any atom is -0.277 e. The third kappa shape index (κ3) is 4.06. The van der Waals surface area contributed by atoms with Gasteiger partial charge in [0.2, 0.25) is 0 Å². The van der Waals surface area contributed by atoms with Crippen molar-refractivity contribution >= 4 is 21.4 Å². The van der Waals surface area contributed by atoms with Crippen molar-refractivity contribution in [3.05, 3.63) is 76.1 Å². The van der Waals surface area contributed by atoms with Gasteiger partial charge in [-0.05, 0) is 37.3 Å². The molecule has 0 spiro atoms. The van der Waals surface area contributed by atoms with E-state index < -0.39 is 37.3 Å². The average molecular weight is 426 g/mol. The van der Waals surface area contributed by atoms with Gasteiger partial charge in [0.05, 0.1) is 26.8 Å². The molecule has 0 amide bonds. The fourth-order valence-corrected chi connectivity index (χ4v) is 4.03. The Morgan fingerprint density at radius 2 is 1.90 bits per heavy atom. The van der Waals surface area contributed by atoms with Crippen LogP contribution in [0.5, 0.6) is 0 Å². The number of hydrogen-bond acceptors (Lipinski definition) is 5. The molecule has 2 aromatic carbocycles. The molecule has 1 heterocycles. The van der Waals surface area contributed by atoms with Gasteiger partial charge in [0.25, 0.3) is 15.7 Å². The summed E-state index contributed by atoms with van der Waals surface area (Å²) in [5.74, 6) is 0. The highest BCUT2D eigenvalue weighted by atomic mass is 32.2. The minimum absolute atomic E-state index is 0.0506. The van der Waals surface area contributed by atoms with Gasteiger partial charge in [0.15, 0.2) is 0 Å². The lowest BCUT2D eigenvalue weighted by molar-refractivity contribution is -0.385. The first-order valence-electron chi connectivity index (χ1n) is 7.99. The van der Waals surface area contributed by atoms with Crippen molar-refractivity contribution in [1.29, 1.82) is 0 Å². The van der Waals surface area contributed by atoms with Crippen molar-refractivity contribution in [3.63, 3.8) is 0 Å². The topological polar surface area (TPSA) is 107 Å². The van der Waals surface area contributed by atoms with Gasteiger partial charge in [-0.1, -0.05) is 6.07 Å². The standard InChI is InChI=1S/C17H13F3N4O4S/c1-11-14(24(25)26)4-2-5-16(11)29(27,28)22-13-10-12(17(18,19)20)6-7-15(13)23-9-3-8-21-23/h2-10,22H,1H3. The summed E-state index contributed by atoms with van der Waals surface area (Å²) in [5.41, 5.74) is -1.97. The SMILES string of the molecule is Cc1c([N+](=O)[O-])cccc1S(=O)(=O)Nc1cc(C(F)(F)F)ccc1-n1cccn1. The third-order valence-electron chi connectivity index (χ3n) is 4.06. The molecule has 1 aromatic heterocycles. The second kappa shape index (κ2) is 7.20. The largest absolute Gasteiger partial charge is 0.416 e. The molecule has 3 rings (SSSR count). The molecular formula is C17H13F3N4O4S. The maximum absolute atomic E-state index is 13.1. The normalized spacial score (nSPS) is 12.0. The Bertz CT molecular complexity index is 1180. The average Bonchev–Trinajstić information content (AvgIpc) is 3.14. The summed E-state index contributed by atoms with van der Waals surface area (Å²) in [7, 11) is -4.44. The van der Waals surface area contributed by atoms with Crippen molar-refractivity contribution in [2.24, 2.45) is 0 Å². The van der Waals surface area contributed by atoms with Crippen LogP contribution in [0.3, 0.4) is 0 Å². The molecule has 1 N–H and O–H groups in total. The first-order valence-corrected chi connectivity index (χ1v) is 9.47. The number of rotatable bonds is 5. The van der Waals surface area contributed by atoms with Crippen LogP contribution >= 0.6 is 0 Å². The number of hydrogen-bond donors (Lipinski definition) is 1. The molecule has 0 fully saturated rings. The first kappa shape index (κ1) is 20.3. The van der Waals surface area contributed by atoms with Gasteiger partial charge in [-0.25, -0.2) is 13.1 Å². The Morgan fingerprint density at radius 1 is 1.17 bits per heavy atom. The van der Waals surface area contributed by atoms with Crippen LogP contribution in [0.4, 0.5) is 24.5 Å². The summed E-state index contributed by atoms with van der Waals surface area (Å²) in [6, 6.07) is 7.48. The second-order valence-corrected chi connectivity index (χ2v) is 7.59. The van der Waals surface area contributed by atoms with Gasteiger partial charge < -0.3 is 0 Å². The number of nitro groups is 1. The van der Waals surface area contributed by atoms with E-state index in [2.05, 4.69) is 9.82 Å². The number of halogens is 3. The summed E-state index contributed by atoms with van der Waals surface area (Å²) in [6.07, 6.45) is -1.90. The van der Waals surface area contributed by atoms with Crippen molar-refractivity contribution in [2.75, 3.05) is 4.72 Å². The Labute approximate surface area is 162 Å². The van der Waals surface area contributed by atoms with Crippen molar-refractivity contribution in [3.8, 4) is 5.69 Å². The van der Waals surface area contributed by atoms with Crippen LogP contribution in [0.25, 0.3) is 5.69 Å². The number of sulfonamides is 1. The van der Waals surface area contributed by atoms with E-state index in [0.29, 0.717) is 6.07 Å². The van der Waals surface area contributed by atoms with E-state index in [0.717, 1.165) is 24.3 Å². The highest BCUT2D eigenvalue weighted by Crippen LogP contribution is 2.35. The highest BCUT2D eigenvalue weighted by molar-refractivity contribution is 7.92. The zero-order valence-corrected chi connectivity index (χ0v) is 15.5. The van der Waals surface area contributed by atoms with Gasteiger partial charge in [-0.15, -0.1) is 0 Å². The maximum Gasteiger partial charge on any atom is 0.416 e. The van der Waals surface area contributed by atoms with Crippen LogP contribution in [0.15, 0.2) is 59.8 Å². The molecule has 152 valence electrons. The van der Waals surface area contributed by atoms with E-state index in [1.54, 1.807) is 0 Å². The lowest BCUT2D eigenvalue weighted by Gasteiger charge is -2.16. The van der Waals surface area contributed by atoms with Crippen LogP contribution in [0.1, 0.15) is 11.1 Å². The van der Waals surface area contributed by atoms with Crippen molar-refractivity contribution < 1.29 is 26.5 Å². The van der Waals surface area contributed by atoms with Crippen molar-refractivity contribution in [2.45, 2.75) is 18.0 Å². The first-order chi connectivity index (χ1) is 13.5. The van der Waals surface area contributed by atoms with Crippen LogP contribution in [0, 0.1) is 17.0 Å². The Balaban J connectivity index is 2.13. The summed E-state index contributed by atoms with van der Waals surface area (Å²) in [5, 5.41) is 15.0. The van der Waals surface area contributed by atoms with E-state index >= 15 is 0 Å². The lowest BCUT2D eigenvalue weighted by Crippen LogP contribution is -2.17. The molecule has 0 atom stereocenters. The minimum atomic E-state index is -4.70. The molecule has 3 aromatic rings. The molecular weight excluding hydrogens is 413 g/mol. The zero-order valence-electron chi connectivity index (χ0n) is 14.7. The number of anilines is 1. The van der Waals surface area contributed by atoms with Crippen LogP contribution in [-0.2, 0) is 16.2 Å². The van der Waals surface area contributed by atoms with E-state index in [-0.39, 0.29) is 16.9 Å². The molecule has 0 aliphatic carbocycles. The highest BCUT2D eigenvalue weighted by Gasteiger charge is 2.32. The van der Waals surface area contributed by atoms with Gasteiger partial charge in [-0.2, -0.15) is 18.3 Å². The molecule has 29 heavy (non-hydrogen) atoms.